The second kappa shape index (κ2) is 7.01. The third kappa shape index (κ3) is 6.68. The van der Waals surface area contributed by atoms with Crippen LogP contribution in [0.4, 0.5) is 0 Å². The van der Waals surface area contributed by atoms with Gasteiger partial charge in [0.05, 0.1) is 12.5 Å². The predicted molar refractivity (Wildman–Crippen MR) is 64.3 cm³/mol. The fourth-order valence-electron chi connectivity index (χ4n) is 1.08. The van der Waals surface area contributed by atoms with Crippen molar-refractivity contribution in [3.05, 3.63) is 0 Å². The number of rotatable bonds is 7. The van der Waals surface area contributed by atoms with Gasteiger partial charge in [0.1, 0.15) is 0 Å². The van der Waals surface area contributed by atoms with Gasteiger partial charge in [0.2, 0.25) is 0 Å². The van der Waals surface area contributed by atoms with Crippen LogP contribution in [-0.2, 0) is 14.0 Å². The molecule has 0 rings (SSSR count). The molecule has 0 N–H and O–H groups in total. The zero-order valence-electron chi connectivity index (χ0n) is 10.6. The summed E-state index contributed by atoms with van der Waals surface area (Å²) in [7, 11) is 0.285. The highest BCUT2D eigenvalue weighted by Crippen LogP contribution is 2.12. The molecule has 0 aliphatic heterocycles. The van der Waals surface area contributed by atoms with Crippen LogP contribution in [0.1, 0.15) is 26.7 Å². The average molecular weight is 232 g/mol. The molecule has 4 heteroatoms. The molecule has 1 atom stereocenters. The van der Waals surface area contributed by atoms with Crippen LogP contribution in [0.3, 0.4) is 0 Å². The second-order valence-electron chi connectivity index (χ2n) is 4.54. The summed E-state index contributed by atoms with van der Waals surface area (Å²) < 4.78 is 10.6. The maximum atomic E-state index is 11.3. The number of carbonyl (C=O) groups is 1. The molecule has 0 bridgehead atoms. The molecule has 90 valence electrons. The molecule has 0 aliphatic rings. The van der Waals surface area contributed by atoms with E-state index in [1.807, 2.05) is 13.8 Å². The van der Waals surface area contributed by atoms with Crippen molar-refractivity contribution in [1.82, 2.24) is 0 Å². The molecule has 15 heavy (non-hydrogen) atoms. The van der Waals surface area contributed by atoms with E-state index in [1.165, 1.54) is 0 Å². The molecule has 0 fully saturated rings. The van der Waals surface area contributed by atoms with Crippen molar-refractivity contribution >= 4 is 14.3 Å². The van der Waals surface area contributed by atoms with Crippen LogP contribution in [0.25, 0.3) is 0 Å². The van der Waals surface area contributed by atoms with Crippen LogP contribution in [0, 0.1) is 5.92 Å². The molecule has 0 aliphatic carbocycles. The number of hydrogen-bond donors (Lipinski definition) is 0. The van der Waals surface area contributed by atoms with Gasteiger partial charge in [-0.05, 0) is 32.0 Å². The Morgan fingerprint density at radius 3 is 2.47 bits per heavy atom. The summed E-state index contributed by atoms with van der Waals surface area (Å²) in [6.07, 6.45) is 1.76. The van der Waals surface area contributed by atoms with Gasteiger partial charge >= 0.3 is 5.97 Å². The van der Waals surface area contributed by atoms with Crippen molar-refractivity contribution < 1.29 is 14.0 Å². The fraction of sp³-hybridized carbons (Fsp3) is 0.909. The van der Waals surface area contributed by atoms with Gasteiger partial charge in [-0.2, -0.15) is 0 Å². The van der Waals surface area contributed by atoms with Crippen molar-refractivity contribution in [2.75, 3.05) is 13.7 Å². The van der Waals surface area contributed by atoms with Gasteiger partial charge in [-0.25, -0.2) is 0 Å². The van der Waals surface area contributed by atoms with Crippen LogP contribution < -0.4 is 0 Å². The molecule has 0 aromatic heterocycles. The summed E-state index contributed by atoms with van der Waals surface area (Å²) in [6, 6.07) is 1.04. The minimum atomic E-state index is -1.48. The standard InChI is InChI=1S/C11H24O3Si/c1-6-10(2)11(12)14-8-7-9-15(4,5)13-3/h10H,6-9H2,1-5H3. The summed E-state index contributed by atoms with van der Waals surface area (Å²) in [4.78, 5) is 11.3. The Morgan fingerprint density at radius 1 is 1.40 bits per heavy atom. The highest BCUT2D eigenvalue weighted by Gasteiger charge is 2.20. The molecule has 0 aromatic rings. The summed E-state index contributed by atoms with van der Waals surface area (Å²) in [5.74, 6) is -0.0490. The molecular weight excluding hydrogens is 208 g/mol. The van der Waals surface area contributed by atoms with E-state index in [-0.39, 0.29) is 11.9 Å². The largest absolute Gasteiger partial charge is 0.465 e. The van der Waals surface area contributed by atoms with Crippen molar-refractivity contribution in [1.29, 1.82) is 0 Å². The van der Waals surface area contributed by atoms with Gasteiger partial charge in [-0.15, -0.1) is 0 Å². The summed E-state index contributed by atoms with van der Waals surface area (Å²) in [5.41, 5.74) is 0. The smallest absolute Gasteiger partial charge is 0.308 e. The molecule has 0 heterocycles. The Hall–Kier alpha value is -0.353. The van der Waals surface area contributed by atoms with Crippen molar-refractivity contribution in [3.63, 3.8) is 0 Å². The SMILES string of the molecule is CCC(C)C(=O)OCCC[Si](C)(C)OC. The van der Waals surface area contributed by atoms with Crippen molar-refractivity contribution in [2.45, 2.75) is 45.8 Å². The van der Waals surface area contributed by atoms with E-state index in [0.717, 1.165) is 18.9 Å². The third-order valence-electron chi connectivity index (χ3n) is 2.73. The van der Waals surface area contributed by atoms with E-state index < -0.39 is 8.32 Å². The molecular formula is C11H24O3Si. The summed E-state index contributed by atoms with van der Waals surface area (Å²) >= 11 is 0. The molecule has 0 spiro atoms. The van der Waals surface area contributed by atoms with Gasteiger partial charge in [0, 0.05) is 7.11 Å². The first-order chi connectivity index (χ1) is 6.93. The van der Waals surface area contributed by atoms with Crippen LogP contribution in [0.5, 0.6) is 0 Å². The lowest BCUT2D eigenvalue weighted by molar-refractivity contribution is -0.148. The maximum absolute atomic E-state index is 11.3. The quantitative estimate of drug-likeness (QED) is 0.385. The predicted octanol–water partition coefficient (Wildman–Crippen LogP) is 2.82. The molecule has 0 aromatic carbocycles. The summed E-state index contributed by atoms with van der Waals surface area (Å²) in [6.45, 7) is 8.76. The highest BCUT2D eigenvalue weighted by molar-refractivity contribution is 6.71. The van der Waals surface area contributed by atoms with Gasteiger partial charge in [-0.1, -0.05) is 13.8 Å². The Balaban J connectivity index is 3.59. The zero-order chi connectivity index (χ0) is 11.9. The minimum absolute atomic E-state index is 0.0256. The lowest BCUT2D eigenvalue weighted by Crippen LogP contribution is -2.28. The Labute approximate surface area is 94.3 Å². The average Bonchev–Trinajstić information content (AvgIpc) is 2.22. The first kappa shape index (κ1) is 14.6. The van der Waals surface area contributed by atoms with Crippen molar-refractivity contribution in [3.8, 4) is 0 Å². The summed E-state index contributed by atoms with van der Waals surface area (Å²) in [5, 5.41) is 0. The molecule has 0 saturated heterocycles. The monoisotopic (exact) mass is 232 g/mol. The lowest BCUT2D eigenvalue weighted by atomic mass is 10.1. The van der Waals surface area contributed by atoms with E-state index in [0.29, 0.717) is 6.61 Å². The van der Waals surface area contributed by atoms with E-state index in [9.17, 15) is 4.79 Å². The van der Waals surface area contributed by atoms with Crippen LogP contribution in [-0.4, -0.2) is 28.0 Å². The fourth-order valence-corrected chi connectivity index (χ4v) is 2.28. The van der Waals surface area contributed by atoms with E-state index in [2.05, 4.69) is 13.1 Å². The molecule has 0 amide bonds. The van der Waals surface area contributed by atoms with E-state index in [1.54, 1.807) is 7.11 Å². The normalized spacial score (nSPS) is 13.7. The van der Waals surface area contributed by atoms with Crippen LogP contribution >= 0.6 is 0 Å². The van der Waals surface area contributed by atoms with Crippen molar-refractivity contribution in [2.24, 2.45) is 5.92 Å². The Morgan fingerprint density at radius 2 is 2.00 bits per heavy atom. The van der Waals surface area contributed by atoms with E-state index >= 15 is 0 Å². The van der Waals surface area contributed by atoms with Crippen LogP contribution in [0.15, 0.2) is 0 Å². The molecule has 0 saturated carbocycles. The highest BCUT2D eigenvalue weighted by atomic mass is 28.4. The number of esters is 1. The first-order valence-electron chi connectivity index (χ1n) is 5.64. The van der Waals surface area contributed by atoms with Gasteiger partial charge in [-0.3, -0.25) is 4.79 Å². The number of carbonyl (C=O) groups excluding carboxylic acids is 1. The number of ether oxygens (including phenoxy) is 1. The zero-order valence-corrected chi connectivity index (χ0v) is 11.6. The number of hydrogen-bond acceptors (Lipinski definition) is 3. The van der Waals surface area contributed by atoms with E-state index in [4.69, 9.17) is 9.16 Å². The lowest BCUT2D eigenvalue weighted by Gasteiger charge is -2.19. The van der Waals surface area contributed by atoms with Gasteiger partial charge in [0.25, 0.3) is 0 Å². The van der Waals surface area contributed by atoms with Gasteiger partial charge in [0.15, 0.2) is 8.32 Å². The topological polar surface area (TPSA) is 35.5 Å². The Bertz CT molecular complexity index is 192. The molecule has 3 nitrogen and oxygen atoms in total. The second-order valence-corrected chi connectivity index (χ2v) is 8.97. The maximum Gasteiger partial charge on any atom is 0.308 e. The minimum Gasteiger partial charge on any atom is -0.465 e. The molecule has 0 radical (unpaired) electrons. The van der Waals surface area contributed by atoms with Gasteiger partial charge < -0.3 is 9.16 Å². The molecule has 1 unspecified atom stereocenters. The third-order valence-corrected chi connectivity index (χ3v) is 5.40. The Kier molecular flexibility index (Phi) is 6.84. The first-order valence-corrected chi connectivity index (χ1v) is 8.76. The van der Waals surface area contributed by atoms with Crippen LogP contribution in [0.2, 0.25) is 19.1 Å².